The van der Waals surface area contributed by atoms with Crippen molar-refractivity contribution in [1.82, 2.24) is 4.90 Å². The summed E-state index contributed by atoms with van der Waals surface area (Å²) in [5, 5.41) is 0. The number of rotatable bonds is 2. The fourth-order valence-corrected chi connectivity index (χ4v) is 0.258. The van der Waals surface area contributed by atoms with Gasteiger partial charge in [0.15, 0.2) is 0 Å². The van der Waals surface area contributed by atoms with Crippen LogP contribution in [0.4, 0.5) is 0 Å². The van der Waals surface area contributed by atoms with Crippen LogP contribution in [0, 0.1) is 0 Å². The van der Waals surface area contributed by atoms with Crippen LogP contribution in [0.2, 0.25) is 0 Å². The molecule has 0 atom stereocenters. The Hall–Kier alpha value is 0.430. The van der Waals surface area contributed by atoms with Crippen molar-refractivity contribution in [3.63, 3.8) is 0 Å². The summed E-state index contributed by atoms with van der Waals surface area (Å²) in [6, 6.07) is 0. The van der Waals surface area contributed by atoms with Gasteiger partial charge in [-0.25, -0.2) is 0 Å². The second kappa shape index (κ2) is 6.43. The van der Waals surface area contributed by atoms with Gasteiger partial charge in [0, 0.05) is 6.54 Å². The summed E-state index contributed by atoms with van der Waals surface area (Å²) in [5.74, 6) is 0. The average Bonchev–Trinajstić information content (AvgIpc) is 1.35. The molecule has 2 heteroatoms. The van der Waals surface area contributed by atoms with Crippen molar-refractivity contribution in [2.75, 3.05) is 20.6 Å². The molecule has 0 aliphatic heterocycles. The predicted octanol–water partition coefficient (Wildman–Crippen LogP) is 1.35. The molecule has 0 spiro atoms. The molecule has 0 N–H and O–H groups in total. The van der Waals surface area contributed by atoms with Crippen molar-refractivity contribution in [1.29, 1.82) is 0 Å². The molecular formula is C5H12IN. The first-order valence-electron chi connectivity index (χ1n) is 2.03. The van der Waals surface area contributed by atoms with E-state index in [4.69, 9.17) is 0 Å². The molecule has 0 fully saturated rings. The van der Waals surface area contributed by atoms with E-state index in [2.05, 4.69) is 11.5 Å². The SMILES string of the molecule is C=CCN(C)C.I. The lowest BCUT2D eigenvalue weighted by Crippen LogP contribution is -2.09. The molecule has 0 aromatic rings. The Morgan fingerprint density at radius 3 is 2.00 bits per heavy atom. The first kappa shape index (κ1) is 10.4. The van der Waals surface area contributed by atoms with Gasteiger partial charge in [-0.15, -0.1) is 30.6 Å². The van der Waals surface area contributed by atoms with E-state index in [0.717, 1.165) is 6.54 Å². The fourth-order valence-electron chi connectivity index (χ4n) is 0.258. The van der Waals surface area contributed by atoms with Gasteiger partial charge in [-0.3, -0.25) is 0 Å². The predicted molar refractivity (Wildman–Crippen MR) is 44.2 cm³/mol. The monoisotopic (exact) mass is 213 g/mol. The number of halogens is 1. The van der Waals surface area contributed by atoms with E-state index >= 15 is 0 Å². The Labute approximate surface area is 62.4 Å². The maximum absolute atomic E-state index is 3.56. The van der Waals surface area contributed by atoms with Crippen molar-refractivity contribution < 1.29 is 0 Å². The Morgan fingerprint density at radius 1 is 1.57 bits per heavy atom. The van der Waals surface area contributed by atoms with Crippen molar-refractivity contribution in [3.8, 4) is 0 Å². The second-order valence-corrected chi connectivity index (χ2v) is 1.55. The van der Waals surface area contributed by atoms with Gasteiger partial charge in [-0.2, -0.15) is 0 Å². The number of likely N-dealkylation sites (N-methyl/N-ethyl adjacent to an activating group) is 1. The molecule has 44 valence electrons. The summed E-state index contributed by atoms with van der Waals surface area (Å²) in [6.07, 6.45) is 1.88. The molecule has 0 saturated heterocycles. The Morgan fingerprint density at radius 2 is 2.00 bits per heavy atom. The minimum Gasteiger partial charge on any atom is -0.306 e. The zero-order chi connectivity index (χ0) is 4.99. The van der Waals surface area contributed by atoms with Gasteiger partial charge in [-0.05, 0) is 14.1 Å². The van der Waals surface area contributed by atoms with Crippen LogP contribution in [-0.2, 0) is 0 Å². The van der Waals surface area contributed by atoms with Gasteiger partial charge in [0.1, 0.15) is 0 Å². The van der Waals surface area contributed by atoms with E-state index in [1.807, 2.05) is 20.2 Å². The summed E-state index contributed by atoms with van der Waals surface area (Å²) in [6.45, 7) is 4.53. The van der Waals surface area contributed by atoms with E-state index in [9.17, 15) is 0 Å². The quantitative estimate of drug-likeness (QED) is 0.494. The second-order valence-electron chi connectivity index (χ2n) is 1.55. The third kappa shape index (κ3) is 10.7. The molecule has 0 saturated carbocycles. The average molecular weight is 213 g/mol. The Balaban J connectivity index is 0. The molecule has 0 bridgehead atoms. The molecule has 7 heavy (non-hydrogen) atoms. The van der Waals surface area contributed by atoms with E-state index in [0.29, 0.717) is 0 Å². The third-order valence-electron chi connectivity index (χ3n) is 0.494. The molecule has 0 aliphatic rings. The van der Waals surface area contributed by atoms with Crippen LogP contribution < -0.4 is 0 Å². The largest absolute Gasteiger partial charge is 0.306 e. The van der Waals surface area contributed by atoms with Crippen LogP contribution in [0.25, 0.3) is 0 Å². The molecular weight excluding hydrogens is 201 g/mol. The standard InChI is InChI=1S/C5H11N.HI/c1-4-5-6(2)3;/h4H,1,5H2,2-3H3;1H. The first-order chi connectivity index (χ1) is 2.77. The van der Waals surface area contributed by atoms with Crippen molar-refractivity contribution in [3.05, 3.63) is 12.7 Å². The minimum atomic E-state index is 0. The number of nitrogens with zero attached hydrogens (tertiary/aromatic N) is 1. The van der Waals surface area contributed by atoms with Crippen LogP contribution in [-0.4, -0.2) is 25.5 Å². The Bertz CT molecular complexity index is 43.3. The lowest BCUT2D eigenvalue weighted by atomic mass is 10.6. The highest BCUT2D eigenvalue weighted by Gasteiger charge is 1.75. The lowest BCUT2D eigenvalue weighted by Gasteiger charge is -2.01. The lowest BCUT2D eigenvalue weighted by molar-refractivity contribution is 0.457. The summed E-state index contributed by atoms with van der Waals surface area (Å²) in [4.78, 5) is 2.06. The molecule has 0 heterocycles. The molecule has 0 unspecified atom stereocenters. The van der Waals surface area contributed by atoms with E-state index in [1.54, 1.807) is 0 Å². The Kier molecular flexibility index (Phi) is 9.57. The smallest absolute Gasteiger partial charge is 0.0154 e. The maximum atomic E-state index is 3.56. The molecule has 1 nitrogen and oxygen atoms in total. The summed E-state index contributed by atoms with van der Waals surface area (Å²) >= 11 is 0. The fraction of sp³-hybridized carbons (Fsp3) is 0.600. The zero-order valence-electron chi connectivity index (χ0n) is 4.85. The first-order valence-corrected chi connectivity index (χ1v) is 2.03. The highest BCUT2D eigenvalue weighted by molar-refractivity contribution is 14.0. The zero-order valence-corrected chi connectivity index (χ0v) is 7.18. The van der Waals surface area contributed by atoms with Gasteiger partial charge in [0.2, 0.25) is 0 Å². The molecule has 0 rings (SSSR count). The van der Waals surface area contributed by atoms with Crippen LogP contribution in [0.15, 0.2) is 12.7 Å². The van der Waals surface area contributed by atoms with Crippen LogP contribution in [0.3, 0.4) is 0 Å². The third-order valence-corrected chi connectivity index (χ3v) is 0.494. The molecule has 0 aromatic heterocycles. The van der Waals surface area contributed by atoms with Crippen molar-refractivity contribution >= 4 is 24.0 Å². The van der Waals surface area contributed by atoms with Crippen molar-refractivity contribution in [2.45, 2.75) is 0 Å². The topological polar surface area (TPSA) is 3.24 Å². The summed E-state index contributed by atoms with van der Waals surface area (Å²) in [7, 11) is 4.03. The van der Waals surface area contributed by atoms with Crippen LogP contribution >= 0.6 is 24.0 Å². The molecule has 0 radical (unpaired) electrons. The van der Waals surface area contributed by atoms with E-state index in [-0.39, 0.29) is 24.0 Å². The summed E-state index contributed by atoms with van der Waals surface area (Å²) in [5.41, 5.74) is 0. The van der Waals surface area contributed by atoms with E-state index < -0.39 is 0 Å². The highest BCUT2D eigenvalue weighted by Crippen LogP contribution is 1.69. The molecule has 0 aliphatic carbocycles. The maximum Gasteiger partial charge on any atom is 0.0154 e. The van der Waals surface area contributed by atoms with Gasteiger partial charge < -0.3 is 4.90 Å². The normalized spacial score (nSPS) is 7.86. The molecule has 0 amide bonds. The highest BCUT2D eigenvalue weighted by atomic mass is 127. The minimum absolute atomic E-state index is 0. The van der Waals surface area contributed by atoms with Gasteiger partial charge in [0.25, 0.3) is 0 Å². The van der Waals surface area contributed by atoms with Crippen LogP contribution in [0.5, 0.6) is 0 Å². The molecule has 0 aromatic carbocycles. The van der Waals surface area contributed by atoms with Crippen molar-refractivity contribution in [2.24, 2.45) is 0 Å². The van der Waals surface area contributed by atoms with Gasteiger partial charge in [-0.1, -0.05) is 6.08 Å². The summed E-state index contributed by atoms with van der Waals surface area (Å²) < 4.78 is 0. The number of hydrogen-bond acceptors (Lipinski definition) is 1. The van der Waals surface area contributed by atoms with Gasteiger partial charge in [0.05, 0.1) is 0 Å². The number of hydrogen-bond donors (Lipinski definition) is 0. The van der Waals surface area contributed by atoms with Gasteiger partial charge >= 0.3 is 0 Å². The van der Waals surface area contributed by atoms with Crippen LogP contribution in [0.1, 0.15) is 0 Å². The van der Waals surface area contributed by atoms with E-state index in [1.165, 1.54) is 0 Å².